The molecule has 0 radical (unpaired) electrons. The van der Waals surface area contributed by atoms with Gasteiger partial charge in [-0.3, -0.25) is 14.2 Å². The zero-order chi connectivity index (χ0) is 20.8. The van der Waals surface area contributed by atoms with Gasteiger partial charge < -0.3 is 4.90 Å². The first-order chi connectivity index (χ1) is 13.8. The number of benzene rings is 1. The molecule has 154 valence electrons. The maximum atomic E-state index is 13.0. The molecule has 1 aromatic heterocycles. The monoisotopic (exact) mass is 415 g/mol. The third kappa shape index (κ3) is 3.50. The van der Waals surface area contributed by atoms with Crippen molar-refractivity contribution < 1.29 is 13.2 Å². The summed E-state index contributed by atoms with van der Waals surface area (Å²) in [5.74, 6) is -0.139. The van der Waals surface area contributed by atoms with Gasteiger partial charge in [0, 0.05) is 23.3 Å². The van der Waals surface area contributed by atoms with Crippen LogP contribution in [-0.4, -0.2) is 46.1 Å². The molecule has 0 saturated carbocycles. The largest absolute Gasteiger partial charge is 0.335 e. The SMILES string of the molecule is Cc1ncn(CC(=O)N2C3CCC2CC(S(=O)(=O)c2ccccc2)C3)c(=O)c1C. The summed E-state index contributed by atoms with van der Waals surface area (Å²) in [4.78, 5) is 31.7. The maximum Gasteiger partial charge on any atom is 0.256 e. The Morgan fingerprint density at radius 2 is 1.72 bits per heavy atom. The highest BCUT2D eigenvalue weighted by Gasteiger charge is 2.47. The van der Waals surface area contributed by atoms with Gasteiger partial charge in [-0.1, -0.05) is 18.2 Å². The smallest absolute Gasteiger partial charge is 0.256 e. The molecule has 2 atom stereocenters. The van der Waals surface area contributed by atoms with Crippen molar-refractivity contribution in [3.05, 3.63) is 58.3 Å². The molecule has 2 bridgehead atoms. The van der Waals surface area contributed by atoms with Crippen LogP contribution in [0, 0.1) is 13.8 Å². The summed E-state index contributed by atoms with van der Waals surface area (Å²) in [7, 11) is -3.42. The van der Waals surface area contributed by atoms with Crippen LogP contribution in [0.4, 0.5) is 0 Å². The number of aromatic nitrogens is 2. The lowest BCUT2D eigenvalue weighted by atomic mass is 10.0. The van der Waals surface area contributed by atoms with Crippen LogP contribution >= 0.6 is 0 Å². The van der Waals surface area contributed by atoms with Gasteiger partial charge >= 0.3 is 0 Å². The number of hydrogen-bond acceptors (Lipinski definition) is 5. The predicted octanol–water partition coefficient (Wildman–Crippen LogP) is 1.86. The van der Waals surface area contributed by atoms with E-state index >= 15 is 0 Å². The normalized spacial score (nSPS) is 23.9. The molecular formula is C21H25N3O4S. The minimum absolute atomic E-state index is 0.0595. The van der Waals surface area contributed by atoms with Gasteiger partial charge in [-0.15, -0.1) is 0 Å². The number of nitrogens with zero attached hydrogens (tertiary/aromatic N) is 3. The van der Waals surface area contributed by atoms with E-state index in [1.54, 1.807) is 44.2 Å². The Morgan fingerprint density at radius 1 is 1.10 bits per heavy atom. The quantitative estimate of drug-likeness (QED) is 0.760. The molecule has 1 aromatic carbocycles. The molecule has 8 heteroatoms. The minimum Gasteiger partial charge on any atom is -0.335 e. The van der Waals surface area contributed by atoms with Crippen molar-refractivity contribution in [3.63, 3.8) is 0 Å². The second-order valence-corrected chi connectivity index (χ2v) is 10.3. The van der Waals surface area contributed by atoms with Crippen LogP contribution < -0.4 is 5.56 Å². The highest BCUT2D eigenvalue weighted by atomic mass is 32.2. The summed E-state index contributed by atoms with van der Waals surface area (Å²) >= 11 is 0. The van der Waals surface area contributed by atoms with E-state index in [0.29, 0.717) is 29.0 Å². The zero-order valence-corrected chi connectivity index (χ0v) is 17.4. The Hall–Kier alpha value is -2.48. The number of carbonyl (C=O) groups excluding carboxylic acids is 1. The summed E-state index contributed by atoms with van der Waals surface area (Å²) in [5.41, 5.74) is 0.987. The number of carbonyl (C=O) groups is 1. The molecule has 0 spiro atoms. The molecule has 7 nitrogen and oxygen atoms in total. The first-order valence-electron chi connectivity index (χ1n) is 9.91. The van der Waals surface area contributed by atoms with E-state index in [9.17, 15) is 18.0 Å². The molecule has 0 aliphatic carbocycles. The zero-order valence-electron chi connectivity index (χ0n) is 16.6. The van der Waals surface area contributed by atoms with E-state index in [0.717, 1.165) is 12.8 Å². The second kappa shape index (κ2) is 7.40. The molecule has 29 heavy (non-hydrogen) atoms. The summed E-state index contributed by atoms with van der Waals surface area (Å²) < 4.78 is 27.4. The highest BCUT2D eigenvalue weighted by Crippen LogP contribution is 2.39. The molecule has 2 saturated heterocycles. The minimum atomic E-state index is -3.42. The Balaban J connectivity index is 1.52. The van der Waals surface area contributed by atoms with Gasteiger partial charge in [-0.2, -0.15) is 0 Å². The van der Waals surface area contributed by atoms with Crippen LogP contribution in [-0.2, 0) is 21.2 Å². The number of sulfone groups is 1. The van der Waals surface area contributed by atoms with Gasteiger partial charge in [0.2, 0.25) is 5.91 Å². The van der Waals surface area contributed by atoms with Crippen molar-refractivity contribution in [2.24, 2.45) is 0 Å². The van der Waals surface area contributed by atoms with Crippen LogP contribution in [0.3, 0.4) is 0 Å². The first kappa shape index (κ1) is 19.8. The summed E-state index contributed by atoms with van der Waals surface area (Å²) in [6.07, 6.45) is 3.91. The number of amides is 1. The third-order valence-corrected chi connectivity index (χ3v) is 8.50. The summed E-state index contributed by atoms with van der Waals surface area (Å²) in [6.45, 7) is 3.41. The van der Waals surface area contributed by atoms with Crippen LogP contribution in [0.25, 0.3) is 0 Å². The van der Waals surface area contributed by atoms with Crippen molar-refractivity contribution in [2.75, 3.05) is 0 Å². The molecular weight excluding hydrogens is 390 g/mol. The lowest BCUT2D eigenvalue weighted by Gasteiger charge is -2.38. The van der Waals surface area contributed by atoms with Gasteiger partial charge in [-0.25, -0.2) is 13.4 Å². The van der Waals surface area contributed by atoms with Crippen molar-refractivity contribution in [2.45, 2.75) is 68.3 Å². The Morgan fingerprint density at radius 3 is 2.34 bits per heavy atom. The predicted molar refractivity (Wildman–Crippen MR) is 108 cm³/mol. The summed E-state index contributed by atoms with van der Waals surface area (Å²) in [5, 5.41) is -0.475. The van der Waals surface area contributed by atoms with Gasteiger partial charge in [0.1, 0.15) is 6.54 Å². The van der Waals surface area contributed by atoms with E-state index < -0.39 is 15.1 Å². The lowest BCUT2D eigenvalue weighted by Crippen LogP contribution is -2.51. The van der Waals surface area contributed by atoms with E-state index in [4.69, 9.17) is 0 Å². The third-order valence-electron chi connectivity index (χ3n) is 6.31. The fourth-order valence-electron chi connectivity index (χ4n) is 4.61. The molecule has 3 heterocycles. The fraction of sp³-hybridized carbons (Fsp3) is 0.476. The van der Waals surface area contributed by atoms with Crippen molar-refractivity contribution in [3.8, 4) is 0 Å². The van der Waals surface area contributed by atoms with Crippen LogP contribution in [0.15, 0.2) is 46.3 Å². The molecule has 2 aromatic rings. The summed E-state index contributed by atoms with van der Waals surface area (Å²) in [6, 6.07) is 8.33. The van der Waals surface area contributed by atoms with Crippen molar-refractivity contribution in [1.29, 1.82) is 0 Å². The molecule has 1 amide bonds. The average Bonchev–Trinajstić information content (AvgIpc) is 2.98. The van der Waals surface area contributed by atoms with Gasteiger partial charge in [0.15, 0.2) is 9.84 Å². The number of hydrogen-bond donors (Lipinski definition) is 0. The van der Waals surface area contributed by atoms with E-state index in [1.165, 1.54) is 10.9 Å². The average molecular weight is 416 g/mol. The standard InChI is InChI=1S/C21H25N3O4S/c1-14-15(2)22-13-23(21(14)26)12-20(25)24-16-8-9-17(24)11-19(10-16)29(27,28)18-6-4-3-5-7-18/h3-7,13,16-17,19H,8-12H2,1-2H3. The molecule has 2 aliphatic heterocycles. The van der Waals surface area contributed by atoms with Crippen LogP contribution in [0.2, 0.25) is 0 Å². The molecule has 2 unspecified atom stereocenters. The maximum absolute atomic E-state index is 13.0. The molecule has 2 fully saturated rings. The van der Waals surface area contributed by atoms with E-state index in [1.807, 2.05) is 4.90 Å². The van der Waals surface area contributed by atoms with Gasteiger partial charge in [0.05, 0.1) is 16.5 Å². The first-order valence-corrected chi connectivity index (χ1v) is 11.5. The molecule has 0 N–H and O–H groups in total. The number of rotatable bonds is 4. The fourth-order valence-corrected chi connectivity index (χ4v) is 6.48. The van der Waals surface area contributed by atoms with Crippen molar-refractivity contribution in [1.82, 2.24) is 14.5 Å². The topological polar surface area (TPSA) is 89.3 Å². The van der Waals surface area contributed by atoms with Gasteiger partial charge in [-0.05, 0) is 51.7 Å². The van der Waals surface area contributed by atoms with E-state index in [2.05, 4.69) is 4.98 Å². The van der Waals surface area contributed by atoms with E-state index in [-0.39, 0.29) is 30.1 Å². The van der Waals surface area contributed by atoms with Crippen molar-refractivity contribution >= 4 is 15.7 Å². The number of aryl methyl sites for hydroxylation is 1. The molecule has 2 aliphatic rings. The van der Waals surface area contributed by atoms with Crippen LogP contribution in [0.5, 0.6) is 0 Å². The lowest BCUT2D eigenvalue weighted by molar-refractivity contribution is -0.136. The highest BCUT2D eigenvalue weighted by molar-refractivity contribution is 7.92. The number of piperidine rings is 1. The Labute approximate surface area is 170 Å². The number of fused-ring (bicyclic) bond motifs is 2. The molecule has 4 rings (SSSR count). The van der Waals surface area contributed by atoms with Crippen LogP contribution in [0.1, 0.15) is 36.9 Å². The Bertz CT molecular complexity index is 1080. The second-order valence-electron chi connectivity index (χ2n) is 8.03. The van der Waals surface area contributed by atoms with Gasteiger partial charge in [0.25, 0.3) is 5.56 Å². The Kier molecular flexibility index (Phi) is 5.06.